The normalized spacial score (nSPS) is 10.4. The Kier molecular flexibility index (Phi) is 7.45. The van der Waals surface area contributed by atoms with Gasteiger partial charge in [-0.3, -0.25) is 0 Å². The number of nitrogens with one attached hydrogen (secondary N) is 1. The van der Waals surface area contributed by atoms with E-state index in [1.165, 1.54) is 25.7 Å². The number of rotatable bonds is 7. The van der Waals surface area contributed by atoms with Crippen molar-refractivity contribution < 1.29 is 4.79 Å². The van der Waals surface area contributed by atoms with E-state index in [1.807, 2.05) is 0 Å². The Bertz CT molecular complexity index is 135. The second-order valence-electron chi connectivity index (χ2n) is 3.89. The lowest BCUT2D eigenvalue weighted by Gasteiger charge is -2.04. The van der Waals surface area contributed by atoms with Gasteiger partial charge in [-0.1, -0.05) is 39.5 Å². The molecule has 0 aromatic rings. The fourth-order valence-corrected chi connectivity index (χ4v) is 1.24. The van der Waals surface area contributed by atoms with Gasteiger partial charge in [0.05, 0.1) is 0 Å². The number of carbonyl (C=O) groups excluding carboxylic acids is 1. The van der Waals surface area contributed by atoms with Gasteiger partial charge in [-0.25, -0.2) is 4.79 Å². The molecule has 0 heterocycles. The van der Waals surface area contributed by atoms with Crippen LogP contribution in [-0.4, -0.2) is 12.6 Å². The van der Waals surface area contributed by atoms with Gasteiger partial charge >= 0.3 is 6.03 Å². The van der Waals surface area contributed by atoms with E-state index in [9.17, 15) is 4.79 Å². The summed E-state index contributed by atoms with van der Waals surface area (Å²) in [4.78, 5) is 10.3. The molecule has 0 aromatic carbocycles. The number of hydrogen-bond donors (Lipinski definition) is 2. The van der Waals surface area contributed by atoms with Gasteiger partial charge in [0.25, 0.3) is 0 Å². The minimum absolute atomic E-state index is 0.415. The van der Waals surface area contributed by atoms with Crippen molar-refractivity contribution in [3.05, 3.63) is 0 Å². The maximum atomic E-state index is 10.3. The van der Waals surface area contributed by atoms with Crippen molar-refractivity contribution in [3.8, 4) is 0 Å². The largest absolute Gasteiger partial charge is 0.352 e. The summed E-state index contributed by atoms with van der Waals surface area (Å²) in [6, 6.07) is -0.415. The predicted molar refractivity (Wildman–Crippen MR) is 55.5 cm³/mol. The highest BCUT2D eigenvalue weighted by molar-refractivity contribution is 5.71. The zero-order valence-corrected chi connectivity index (χ0v) is 8.81. The zero-order chi connectivity index (χ0) is 10.1. The second-order valence-corrected chi connectivity index (χ2v) is 3.89. The van der Waals surface area contributed by atoms with Gasteiger partial charge in [-0.05, 0) is 12.3 Å². The maximum Gasteiger partial charge on any atom is 0.312 e. The lowest BCUT2D eigenvalue weighted by Crippen LogP contribution is -2.29. The highest BCUT2D eigenvalue weighted by atomic mass is 16.2. The Hall–Kier alpha value is -0.730. The second kappa shape index (κ2) is 7.90. The summed E-state index contributed by atoms with van der Waals surface area (Å²) in [7, 11) is 0. The summed E-state index contributed by atoms with van der Waals surface area (Å²) in [6.07, 6.45) is 6.10. The summed E-state index contributed by atoms with van der Waals surface area (Å²) in [5.41, 5.74) is 4.92. The first kappa shape index (κ1) is 12.3. The predicted octanol–water partition coefficient (Wildman–Crippen LogP) is 2.26. The standard InChI is InChI=1S/C10H22N2O/c1-9(2)7-5-3-4-6-8-12-10(11)13/h9H,3-8H2,1-2H3,(H3,11,12,13). The van der Waals surface area contributed by atoms with Crippen LogP contribution >= 0.6 is 0 Å². The van der Waals surface area contributed by atoms with Crippen LogP contribution in [0.1, 0.15) is 46.0 Å². The van der Waals surface area contributed by atoms with Crippen LogP contribution in [0.15, 0.2) is 0 Å². The topological polar surface area (TPSA) is 55.1 Å². The summed E-state index contributed by atoms with van der Waals surface area (Å²) < 4.78 is 0. The molecule has 0 aromatic heterocycles. The molecule has 0 radical (unpaired) electrons. The Morgan fingerprint density at radius 3 is 2.38 bits per heavy atom. The van der Waals surface area contributed by atoms with Crippen LogP contribution in [-0.2, 0) is 0 Å². The van der Waals surface area contributed by atoms with Crippen LogP contribution in [0.4, 0.5) is 4.79 Å². The first-order valence-electron chi connectivity index (χ1n) is 5.16. The van der Waals surface area contributed by atoms with Crippen LogP contribution in [0.3, 0.4) is 0 Å². The Balaban J connectivity index is 2.96. The molecule has 13 heavy (non-hydrogen) atoms. The van der Waals surface area contributed by atoms with Crippen molar-refractivity contribution in [3.63, 3.8) is 0 Å². The van der Waals surface area contributed by atoms with Gasteiger partial charge in [0.2, 0.25) is 0 Å². The van der Waals surface area contributed by atoms with Crippen molar-refractivity contribution in [1.29, 1.82) is 0 Å². The number of primary amides is 1. The van der Waals surface area contributed by atoms with Gasteiger partial charge in [0.15, 0.2) is 0 Å². The molecule has 0 aliphatic carbocycles. The van der Waals surface area contributed by atoms with Gasteiger partial charge in [-0.2, -0.15) is 0 Å². The molecular formula is C10H22N2O. The summed E-state index contributed by atoms with van der Waals surface area (Å²) in [5, 5.41) is 2.58. The number of nitrogens with two attached hydrogens (primary N) is 1. The smallest absolute Gasteiger partial charge is 0.312 e. The zero-order valence-electron chi connectivity index (χ0n) is 8.81. The fourth-order valence-electron chi connectivity index (χ4n) is 1.24. The van der Waals surface area contributed by atoms with E-state index in [0.717, 1.165) is 18.9 Å². The van der Waals surface area contributed by atoms with Crippen molar-refractivity contribution in [2.75, 3.05) is 6.54 Å². The van der Waals surface area contributed by atoms with E-state index < -0.39 is 6.03 Å². The van der Waals surface area contributed by atoms with Crippen molar-refractivity contribution in [2.45, 2.75) is 46.0 Å². The number of unbranched alkanes of at least 4 members (excludes halogenated alkanes) is 3. The van der Waals surface area contributed by atoms with Gasteiger partial charge in [0, 0.05) is 6.54 Å². The first-order chi connectivity index (χ1) is 6.13. The van der Waals surface area contributed by atoms with Crippen molar-refractivity contribution in [1.82, 2.24) is 5.32 Å². The lowest BCUT2D eigenvalue weighted by atomic mass is 10.0. The molecular weight excluding hydrogens is 164 g/mol. The molecule has 0 saturated heterocycles. The molecule has 0 fully saturated rings. The minimum Gasteiger partial charge on any atom is -0.352 e. The van der Waals surface area contributed by atoms with Gasteiger partial charge in [0.1, 0.15) is 0 Å². The SMILES string of the molecule is CC(C)CCCCCCNC(N)=O. The van der Waals surface area contributed by atoms with E-state index in [1.54, 1.807) is 0 Å². The van der Waals surface area contributed by atoms with Crippen molar-refractivity contribution >= 4 is 6.03 Å². The molecule has 0 bridgehead atoms. The lowest BCUT2D eigenvalue weighted by molar-refractivity contribution is 0.248. The molecule has 3 N–H and O–H groups in total. The van der Waals surface area contributed by atoms with Crippen LogP contribution in [0, 0.1) is 5.92 Å². The third-order valence-electron chi connectivity index (χ3n) is 2.01. The first-order valence-corrected chi connectivity index (χ1v) is 5.16. The Morgan fingerprint density at radius 1 is 1.23 bits per heavy atom. The number of urea groups is 1. The average molecular weight is 186 g/mol. The molecule has 78 valence electrons. The van der Waals surface area contributed by atoms with E-state index in [2.05, 4.69) is 19.2 Å². The summed E-state index contributed by atoms with van der Waals surface area (Å²) >= 11 is 0. The molecule has 0 atom stereocenters. The van der Waals surface area contributed by atoms with Crippen LogP contribution in [0.5, 0.6) is 0 Å². The fraction of sp³-hybridized carbons (Fsp3) is 0.900. The quantitative estimate of drug-likeness (QED) is 0.589. The molecule has 0 unspecified atom stereocenters. The third-order valence-corrected chi connectivity index (χ3v) is 2.01. The molecule has 0 aliphatic heterocycles. The molecule has 2 amide bonds. The van der Waals surface area contributed by atoms with Crippen molar-refractivity contribution in [2.24, 2.45) is 11.7 Å². The molecule has 3 heteroatoms. The van der Waals surface area contributed by atoms with E-state index in [0.29, 0.717) is 0 Å². The van der Waals surface area contributed by atoms with Gasteiger partial charge < -0.3 is 11.1 Å². The highest BCUT2D eigenvalue weighted by Gasteiger charge is 1.95. The minimum atomic E-state index is -0.415. The Labute approximate surface area is 81.1 Å². The van der Waals surface area contributed by atoms with Crippen LogP contribution in [0.25, 0.3) is 0 Å². The van der Waals surface area contributed by atoms with E-state index in [4.69, 9.17) is 5.73 Å². The molecule has 0 spiro atoms. The molecule has 0 saturated carbocycles. The monoisotopic (exact) mass is 186 g/mol. The van der Waals surface area contributed by atoms with E-state index in [-0.39, 0.29) is 0 Å². The number of amides is 2. The number of carbonyl (C=O) groups is 1. The van der Waals surface area contributed by atoms with Crippen LogP contribution < -0.4 is 11.1 Å². The van der Waals surface area contributed by atoms with E-state index >= 15 is 0 Å². The van der Waals surface area contributed by atoms with Crippen LogP contribution in [0.2, 0.25) is 0 Å². The maximum absolute atomic E-state index is 10.3. The van der Waals surface area contributed by atoms with Gasteiger partial charge in [-0.15, -0.1) is 0 Å². The summed E-state index contributed by atoms with van der Waals surface area (Å²) in [6.45, 7) is 5.21. The molecule has 3 nitrogen and oxygen atoms in total. The average Bonchev–Trinajstić information content (AvgIpc) is 2.01. The highest BCUT2D eigenvalue weighted by Crippen LogP contribution is 2.08. The third kappa shape index (κ3) is 11.3. The summed E-state index contributed by atoms with van der Waals surface area (Å²) in [5.74, 6) is 0.809. The Morgan fingerprint density at radius 2 is 1.85 bits per heavy atom. The molecule has 0 aliphatic rings. The molecule has 0 rings (SSSR count). The number of hydrogen-bond acceptors (Lipinski definition) is 1.